The van der Waals surface area contributed by atoms with Crippen LogP contribution >= 0.6 is 11.3 Å². The minimum Gasteiger partial charge on any atom is -0.372 e. The third-order valence-electron chi connectivity index (χ3n) is 4.58. The van der Waals surface area contributed by atoms with Gasteiger partial charge in [0.25, 0.3) is 5.91 Å². The zero-order valence-electron chi connectivity index (χ0n) is 16.1. The van der Waals surface area contributed by atoms with Crippen molar-refractivity contribution < 1.29 is 4.79 Å². The number of allylic oxidation sites excluding steroid dienone is 4. The van der Waals surface area contributed by atoms with Crippen LogP contribution in [-0.4, -0.2) is 35.4 Å². The summed E-state index contributed by atoms with van der Waals surface area (Å²) < 4.78 is 0. The lowest BCUT2D eigenvalue weighted by atomic mass is 10.1. The van der Waals surface area contributed by atoms with Crippen molar-refractivity contribution in [2.24, 2.45) is 0 Å². The van der Waals surface area contributed by atoms with E-state index in [2.05, 4.69) is 34.8 Å². The molecule has 2 bridgehead atoms. The lowest BCUT2D eigenvalue weighted by molar-refractivity contribution is 0.0948. The van der Waals surface area contributed by atoms with Gasteiger partial charge in [-0.05, 0) is 32.8 Å². The second-order valence-corrected chi connectivity index (χ2v) is 7.44. The zero-order valence-corrected chi connectivity index (χ0v) is 16.9. The summed E-state index contributed by atoms with van der Waals surface area (Å²) in [5.74, 6) is -0.0781. The molecule has 0 saturated carbocycles. The van der Waals surface area contributed by atoms with E-state index in [0.717, 1.165) is 42.3 Å². The summed E-state index contributed by atoms with van der Waals surface area (Å²) in [6.07, 6.45) is 13.2. The quantitative estimate of drug-likeness (QED) is 0.791. The summed E-state index contributed by atoms with van der Waals surface area (Å²) in [6, 6.07) is 0. The molecule has 1 amide bonds. The van der Waals surface area contributed by atoms with Crippen LogP contribution in [0.5, 0.6) is 0 Å². The maximum atomic E-state index is 12.3. The fourth-order valence-corrected chi connectivity index (χ4v) is 3.87. The Bertz CT molecular complexity index is 660. The van der Waals surface area contributed by atoms with Crippen LogP contribution in [0.3, 0.4) is 0 Å². The van der Waals surface area contributed by atoms with E-state index in [0.29, 0.717) is 5.69 Å². The van der Waals surface area contributed by atoms with Gasteiger partial charge in [-0.3, -0.25) is 4.79 Å². The first kappa shape index (κ1) is 20.4. The number of carbonyl (C=O) groups excluding carboxylic acids is 1. The molecule has 0 fully saturated rings. The lowest BCUT2D eigenvalue weighted by Gasteiger charge is -2.23. The average molecular weight is 374 g/mol. The molecule has 26 heavy (non-hydrogen) atoms. The molecule has 2 rings (SSSR count). The van der Waals surface area contributed by atoms with E-state index in [1.165, 1.54) is 43.4 Å². The molecule has 4 nitrogen and oxygen atoms in total. The lowest BCUT2D eigenvalue weighted by Crippen LogP contribution is -2.24. The van der Waals surface area contributed by atoms with Crippen molar-refractivity contribution in [1.82, 2.24) is 15.2 Å². The smallest absolute Gasteiger partial charge is 0.270 e. The second-order valence-electron chi connectivity index (χ2n) is 6.59. The van der Waals surface area contributed by atoms with E-state index < -0.39 is 0 Å². The van der Waals surface area contributed by atoms with Crippen LogP contribution in [0.4, 0.5) is 0 Å². The minimum atomic E-state index is -0.0781. The molecule has 0 spiro atoms. The Morgan fingerprint density at radius 2 is 2.00 bits per heavy atom. The number of amides is 1. The molecular weight excluding hydrogens is 342 g/mol. The number of thiazole rings is 1. The van der Waals surface area contributed by atoms with Crippen molar-refractivity contribution in [1.29, 1.82) is 0 Å². The van der Waals surface area contributed by atoms with Gasteiger partial charge in [0.2, 0.25) is 0 Å². The van der Waals surface area contributed by atoms with E-state index in [-0.39, 0.29) is 5.91 Å². The Balaban J connectivity index is 2.26. The van der Waals surface area contributed by atoms with Crippen LogP contribution in [0.2, 0.25) is 0 Å². The Hall–Kier alpha value is -1.88. The highest BCUT2D eigenvalue weighted by Crippen LogP contribution is 2.23. The number of rotatable bonds is 2. The highest BCUT2D eigenvalue weighted by atomic mass is 32.1. The van der Waals surface area contributed by atoms with Crippen molar-refractivity contribution >= 4 is 22.8 Å². The molecule has 1 aliphatic rings. The molecule has 1 N–H and O–H groups in total. The first-order valence-electron chi connectivity index (χ1n) is 9.68. The van der Waals surface area contributed by atoms with Gasteiger partial charge in [-0.15, -0.1) is 11.3 Å². The molecule has 0 unspecified atom stereocenters. The Labute approximate surface area is 161 Å². The fraction of sp³-hybridized carbons (Fsp3) is 0.524. The topological polar surface area (TPSA) is 45.2 Å². The van der Waals surface area contributed by atoms with Crippen molar-refractivity contribution in [3.05, 3.63) is 46.6 Å². The largest absolute Gasteiger partial charge is 0.372 e. The summed E-state index contributed by atoms with van der Waals surface area (Å²) >= 11 is 1.50. The van der Waals surface area contributed by atoms with Gasteiger partial charge in [0, 0.05) is 36.3 Å². The Morgan fingerprint density at radius 3 is 2.73 bits per heavy atom. The highest BCUT2D eigenvalue weighted by molar-refractivity contribution is 7.11. The van der Waals surface area contributed by atoms with Gasteiger partial charge in [-0.2, -0.15) is 0 Å². The van der Waals surface area contributed by atoms with Crippen LogP contribution in [0.15, 0.2) is 35.9 Å². The predicted molar refractivity (Wildman–Crippen MR) is 111 cm³/mol. The second kappa shape index (κ2) is 11.0. The van der Waals surface area contributed by atoms with Gasteiger partial charge in [0.1, 0.15) is 10.7 Å². The molecule has 5 heteroatoms. The van der Waals surface area contributed by atoms with Gasteiger partial charge in [0.05, 0.1) is 0 Å². The van der Waals surface area contributed by atoms with Crippen molar-refractivity contribution in [3.63, 3.8) is 0 Å². The summed E-state index contributed by atoms with van der Waals surface area (Å²) in [4.78, 5) is 19.2. The molecule has 1 aromatic rings. The molecule has 0 radical (unpaired) electrons. The number of hydrogen-bond acceptors (Lipinski definition) is 4. The first-order valence-corrected chi connectivity index (χ1v) is 10.6. The van der Waals surface area contributed by atoms with Gasteiger partial charge in [-0.1, -0.05) is 44.4 Å². The summed E-state index contributed by atoms with van der Waals surface area (Å²) in [6.45, 7) is 11.1. The molecular formula is C21H31N3OS. The van der Waals surface area contributed by atoms with Crippen LogP contribution in [0.25, 0.3) is 5.57 Å². The van der Waals surface area contributed by atoms with Crippen LogP contribution in [-0.2, 0) is 0 Å². The third-order valence-corrected chi connectivity index (χ3v) is 5.47. The fourth-order valence-electron chi connectivity index (χ4n) is 3.07. The Kier molecular flexibility index (Phi) is 8.62. The number of hydrogen-bond donors (Lipinski definition) is 1. The van der Waals surface area contributed by atoms with E-state index in [9.17, 15) is 4.79 Å². The van der Waals surface area contributed by atoms with Crippen molar-refractivity contribution in [2.75, 3.05) is 19.6 Å². The highest BCUT2D eigenvalue weighted by Gasteiger charge is 2.13. The number of aromatic nitrogens is 1. The zero-order chi connectivity index (χ0) is 18.8. The van der Waals surface area contributed by atoms with Crippen molar-refractivity contribution in [2.45, 2.75) is 52.4 Å². The summed E-state index contributed by atoms with van der Waals surface area (Å²) in [5, 5.41) is 5.68. The predicted octanol–water partition coefficient (Wildman–Crippen LogP) is 5.02. The summed E-state index contributed by atoms with van der Waals surface area (Å²) in [7, 11) is 0. The maximum Gasteiger partial charge on any atom is 0.270 e. The van der Waals surface area contributed by atoms with Crippen molar-refractivity contribution in [3.8, 4) is 0 Å². The van der Waals surface area contributed by atoms with Crippen LogP contribution in [0, 0.1) is 0 Å². The molecule has 2 heterocycles. The monoisotopic (exact) mass is 373 g/mol. The number of carbonyl (C=O) groups is 1. The number of fused-ring (bicyclic) bond motifs is 2. The Morgan fingerprint density at radius 1 is 1.27 bits per heavy atom. The molecule has 0 atom stereocenters. The molecule has 0 saturated heterocycles. The molecule has 1 aromatic heterocycles. The first-order chi connectivity index (χ1) is 12.7. The SMILES string of the molecule is C=C1/C=C(\C=C/C)c2nc(cs2)C(=O)NCCCCCCCCN1CC. The minimum absolute atomic E-state index is 0.0781. The third kappa shape index (κ3) is 6.13. The molecule has 0 aliphatic carbocycles. The normalized spacial score (nSPS) is 20.5. The van der Waals surface area contributed by atoms with Gasteiger partial charge in [-0.25, -0.2) is 4.98 Å². The average Bonchev–Trinajstić information content (AvgIpc) is 3.12. The molecule has 1 aliphatic heterocycles. The van der Waals surface area contributed by atoms with E-state index >= 15 is 0 Å². The van der Waals surface area contributed by atoms with E-state index in [4.69, 9.17) is 0 Å². The van der Waals surface area contributed by atoms with E-state index in [1.54, 1.807) is 0 Å². The number of nitrogens with one attached hydrogen (secondary N) is 1. The number of likely N-dealkylation sites (N-methyl/N-ethyl adjacent to an activating group) is 1. The maximum absolute atomic E-state index is 12.3. The van der Waals surface area contributed by atoms with E-state index in [1.807, 2.05) is 24.5 Å². The summed E-state index contributed by atoms with van der Waals surface area (Å²) in [5.41, 5.74) is 2.51. The van der Waals surface area contributed by atoms with Crippen LogP contribution in [0.1, 0.15) is 67.9 Å². The molecule has 0 aromatic carbocycles. The van der Waals surface area contributed by atoms with Gasteiger partial charge >= 0.3 is 0 Å². The van der Waals surface area contributed by atoms with Gasteiger partial charge in [0.15, 0.2) is 0 Å². The van der Waals surface area contributed by atoms with Gasteiger partial charge < -0.3 is 10.2 Å². The molecule has 142 valence electrons. The van der Waals surface area contributed by atoms with Crippen LogP contribution < -0.4 is 5.32 Å². The number of nitrogens with zero attached hydrogens (tertiary/aromatic N) is 2. The standard InChI is InChI=1S/C21H31N3OS/c1-4-12-18-15-17(3)24(5-2)14-11-9-7-6-8-10-13-22-20(25)19-16-26-21(18)23-19/h4,12,15-16H,3,5-11,13-14H2,1-2H3,(H,22,25)/b12-4-,18-15+.